The number of likely N-dealkylation sites (tertiary alicyclic amines) is 1. The fourth-order valence-electron chi connectivity index (χ4n) is 7.53. The molecule has 0 bridgehead atoms. The Kier molecular flexibility index (Phi) is 3.68. The second-order valence-corrected chi connectivity index (χ2v) is 10.9. The highest BCUT2D eigenvalue weighted by molar-refractivity contribution is 5.76. The highest BCUT2D eigenvalue weighted by atomic mass is 16.6. The van der Waals surface area contributed by atoms with Crippen LogP contribution < -0.4 is 0 Å². The van der Waals surface area contributed by atoms with E-state index in [1.165, 1.54) is 25.7 Å². The van der Waals surface area contributed by atoms with Crippen molar-refractivity contribution in [2.75, 3.05) is 19.6 Å². The van der Waals surface area contributed by atoms with Gasteiger partial charge in [0.25, 0.3) is 0 Å². The van der Waals surface area contributed by atoms with Gasteiger partial charge < -0.3 is 14.7 Å². The molecule has 7 atom stereocenters. The summed E-state index contributed by atoms with van der Waals surface area (Å²) in [5, 5.41) is 11.2. The maximum atomic E-state index is 12.9. The quantitative estimate of drug-likeness (QED) is 0.767. The van der Waals surface area contributed by atoms with E-state index in [1.54, 1.807) is 0 Å². The number of nitrogens with zero attached hydrogens (tertiary/aromatic N) is 1. The van der Waals surface area contributed by atoms with Crippen LogP contribution >= 0.6 is 0 Å². The molecule has 0 radical (unpaired) electrons. The first-order valence-corrected chi connectivity index (χ1v) is 10.9. The average Bonchev–Trinajstić information content (AvgIpc) is 2.95. The average molecular weight is 362 g/mol. The van der Waals surface area contributed by atoms with Crippen LogP contribution in [-0.4, -0.2) is 47.3 Å². The van der Waals surface area contributed by atoms with Gasteiger partial charge in [0.05, 0.1) is 11.5 Å². The SMILES string of the molecule is CC1CCN(C[C@@H]2C(=O)O[C@H]3[C@H]2CC[C@@]2(C)C[C@]24CC[C@@](C)(O)[C@H]34)CC1. The zero-order chi connectivity index (χ0) is 18.3. The molecule has 0 amide bonds. The van der Waals surface area contributed by atoms with E-state index in [2.05, 4.69) is 18.7 Å². The Balaban J connectivity index is 1.40. The van der Waals surface area contributed by atoms with Crippen molar-refractivity contribution in [1.82, 2.24) is 4.90 Å². The van der Waals surface area contributed by atoms with Crippen LogP contribution in [0.4, 0.5) is 0 Å². The van der Waals surface area contributed by atoms with E-state index in [1.807, 2.05) is 6.92 Å². The number of ether oxygens (including phenoxy) is 1. The third-order valence-corrected chi connectivity index (χ3v) is 9.31. The lowest BCUT2D eigenvalue weighted by molar-refractivity contribution is -0.151. The zero-order valence-corrected chi connectivity index (χ0v) is 16.7. The molecule has 5 aliphatic rings. The number of carbonyl (C=O) groups is 1. The normalized spacial score (nSPS) is 54.2. The predicted octanol–water partition coefficient (Wildman–Crippen LogP) is 3.23. The van der Waals surface area contributed by atoms with Crippen molar-refractivity contribution >= 4 is 5.97 Å². The fraction of sp³-hybridized carbons (Fsp3) is 0.955. The van der Waals surface area contributed by atoms with Gasteiger partial charge in [0, 0.05) is 18.4 Å². The lowest BCUT2D eigenvalue weighted by Crippen LogP contribution is -2.45. The van der Waals surface area contributed by atoms with Crippen LogP contribution in [0, 0.1) is 34.5 Å². The van der Waals surface area contributed by atoms with Gasteiger partial charge in [-0.2, -0.15) is 0 Å². The summed E-state index contributed by atoms with van der Waals surface area (Å²) in [6.45, 7) is 9.85. The number of aliphatic hydroxyl groups is 1. The van der Waals surface area contributed by atoms with E-state index in [9.17, 15) is 9.90 Å². The van der Waals surface area contributed by atoms with Gasteiger partial charge in [0.15, 0.2) is 0 Å². The Morgan fingerprint density at radius 1 is 1.15 bits per heavy atom. The van der Waals surface area contributed by atoms with E-state index < -0.39 is 5.60 Å². The van der Waals surface area contributed by atoms with E-state index >= 15 is 0 Å². The molecule has 5 rings (SSSR count). The molecule has 2 saturated heterocycles. The van der Waals surface area contributed by atoms with Crippen LogP contribution in [0.5, 0.6) is 0 Å². The minimum Gasteiger partial charge on any atom is -0.461 e. The highest BCUT2D eigenvalue weighted by Gasteiger charge is 2.77. The fourth-order valence-corrected chi connectivity index (χ4v) is 7.53. The van der Waals surface area contributed by atoms with Gasteiger partial charge in [-0.3, -0.25) is 4.79 Å². The molecule has 3 aliphatic carbocycles. The summed E-state index contributed by atoms with van der Waals surface area (Å²) in [5.41, 5.74) is -0.0909. The molecule has 0 unspecified atom stereocenters. The topological polar surface area (TPSA) is 49.8 Å². The Labute approximate surface area is 157 Å². The van der Waals surface area contributed by atoms with Crippen molar-refractivity contribution in [3.8, 4) is 0 Å². The molecule has 4 nitrogen and oxygen atoms in total. The maximum absolute atomic E-state index is 12.9. The first-order chi connectivity index (χ1) is 12.3. The molecule has 1 N–H and O–H groups in total. The molecule has 146 valence electrons. The molecule has 4 heteroatoms. The third-order valence-electron chi connectivity index (χ3n) is 9.31. The predicted molar refractivity (Wildman–Crippen MR) is 99.4 cm³/mol. The first-order valence-electron chi connectivity index (χ1n) is 10.9. The van der Waals surface area contributed by atoms with E-state index in [0.29, 0.717) is 11.3 Å². The minimum atomic E-state index is -0.680. The van der Waals surface area contributed by atoms with Crippen molar-refractivity contribution in [3.63, 3.8) is 0 Å². The minimum absolute atomic E-state index is 0.0146. The van der Waals surface area contributed by atoms with E-state index in [4.69, 9.17) is 4.74 Å². The number of fused-ring (bicyclic) bond motifs is 2. The number of hydrogen-bond donors (Lipinski definition) is 1. The molecule has 2 heterocycles. The Morgan fingerprint density at radius 3 is 2.62 bits per heavy atom. The molecule has 26 heavy (non-hydrogen) atoms. The van der Waals surface area contributed by atoms with E-state index in [0.717, 1.165) is 44.8 Å². The molecular formula is C22H35NO3. The van der Waals surface area contributed by atoms with Crippen LogP contribution in [0.2, 0.25) is 0 Å². The molecular weight excluding hydrogens is 326 g/mol. The molecule has 3 saturated carbocycles. The van der Waals surface area contributed by atoms with Gasteiger partial charge >= 0.3 is 5.97 Å². The van der Waals surface area contributed by atoms with Gasteiger partial charge in [-0.1, -0.05) is 13.8 Å². The lowest BCUT2D eigenvalue weighted by Gasteiger charge is -2.36. The van der Waals surface area contributed by atoms with Crippen molar-refractivity contribution in [2.45, 2.75) is 77.4 Å². The monoisotopic (exact) mass is 361 g/mol. The van der Waals surface area contributed by atoms with Gasteiger partial charge in [-0.25, -0.2) is 0 Å². The summed E-state index contributed by atoms with van der Waals surface area (Å²) >= 11 is 0. The molecule has 0 aromatic carbocycles. The summed E-state index contributed by atoms with van der Waals surface area (Å²) < 4.78 is 6.08. The summed E-state index contributed by atoms with van der Waals surface area (Å²) in [6.07, 6.45) is 7.91. The number of esters is 1. The van der Waals surface area contributed by atoms with Gasteiger partial charge in [0.2, 0.25) is 0 Å². The summed E-state index contributed by atoms with van der Waals surface area (Å²) in [4.78, 5) is 15.3. The van der Waals surface area contributed by atoms with Crippen molar-refractivity contribution < 1.29 is 14.6 Å². The third kappa shape index (κ3) is 2.30. The first kappa shape index (κ1) is 17.5. The molecule has 1 spiro atoms. The molecule has 2 aliphatic heterocycles. The van der Waals surface area contributed by atoms with Crippen molar-refractivity contribution in [2.24, 2.45) is 34.5 Å². The maximum Gasteiger partial charge on any atom is 0.310 e. The lowest BCUT2D eigenvalue weighted by atomic mass is 9.73. The number of rotatable bonds is 2. The molecule has 0 aromatic rings. The second kappa shape index (κ2) is 5.47. The van der Waals surface area contributed by atoms with Crippen LogP contribution in [0.15, 0.2) is 0 Å². The number of carbonyl (C=O) groups excluding carboxylic acids is 1. The Hall–Kier alpha value is -0.610. The summed E-state index contributed by atoms with van der Waals surface area (Å²) in [7, 11) is 0. The van der Waals surface area contributed by atoms with Crippen LogP contribution in [-0.2, 0) is 9.53 Å². The second-order valence-electron chi connectivity index (χ2n) is 10.9. The van der Waals surface area contributed by atoms with Crippen LogP contribution in [0.1, 0.15) is 65.7 Å². The highest BCUT2D eigenvalue weighted by Crippen LogP contribution is 2.80. The van der Waals surface area contributed by atoms with Crippen molar-refractivity contribution in [1.29, 1.82) is 0 Å². The van der Waals surface area contributed by atoms with Crippen LogP contribution in [0.25, 0.3) is 0 Å². The standard InChI is InChI=1S/C22H35NO3/c1-14-5-10-23(11-6-14)12-16-15-4-7-20(2)13-22(20)9-8-21(3,25)18(22)17(15)26-19(16)24/h14-18,25H,4-13H2,1-3H3/t15-,16-,17-,18-,20-,21+,22-/m0/s1. The summed E-state index contributed by atoms with van der Waals surface area (Å²) in [6, 6.07) is 0. The Morgan fingerprint density at radius 2 is 1.88 bits per heavy atom. The van der Waals surface area contributed by atoms with Crippen LogP contribution in [0.3, 0.4) is 0 Å². The largest absolute Gasteiger partial charge is 0.461 e. The van der Waals surface area contributed by atoms with Crippen molar-refractivity contribution in [3.05, 3.63) is 0 Å². The van der Waals surface area contributed by atoms with Gasteiger partial charge in [0.1, 0.15) is 6.10 Å². The number of hydrogen-bond acceptors (Lipinski definition) is 4. The molecule has 5 fully saturated rings. The van der Waals surface area contributed by atoms with E-state index in [-0.39, 0.29) is 29.3 Å². The Bertz CT molecular complexity index is 611. The van der Waals surface area contributed by atoms with Gasteiger partial charge in [-0.05, 0) is 81.7 Å². The smallest absolute Gasteiger partial charge is 0.310 e. The number of piperidine rings is 1. The zero-order valence-electron chi connectivity index (χ0n) is 16.7. The molecule has 0 aromatic heterocycles. The van der Waals surface area contributed by atoms with Gasteiger partial charge in [-0.15, -0.1) is 0 Å². The summed E-state index contributed by atoms with van der Waals surface area (Å²) in [5.74, 6) is 1.29.